The second-order valence-corrected chi connectivity index (χ2v) is 8.98. The molecule has 35 heavy (non-hydrogen) atoms. The van der Waals surface area contributed by atoms with Gasteiger partial charge in [-0.05, 0) is 61.0 Å². The quantitative estimate of drug-likeness (QED) is 0.264. The number of rotatable bonds is 2. The van der Waals surface area contributed by atoms with Crippen molar-refractivity contribution in [3.8, 4) is 5.69 Å². The predicted octanol–water partition coefficient (Wildman–Crippen LogP) is 8.44. The van der Waals surface area contributed by atoms with E-state index in [4.69, 9.17) is 4.98 Å². The van der Waals surface area contributed by atoms with E-state index in [1.54, 1.807) is 0 Å². The molecule has 0 N–H and O–H groups in total. The number of aryl methyl sites for hydroxylation is 1. The molecule has 3 heterocycles. The minimum Gasteiger partial charge on any atom is -0.309 e. The molecule has 0 radical (unpaired) electrons. The number of para-hydroxylation sites is 3. The molecule has 4 aromatic carbocycles. The van der Waals surface area contributed by atoms with Crippen molar-refractivity contribution in [3.05, 3.63) is 126 Å². The molecular weight excluding hydrogens is 426 g/mol. The number of hydrogen-bond acceptors (Lipinski definition) is 2. The van der Waals surface area contributed by atoms with Crippen LogP contribution in [0.25, 0.3) is 39.6 Å². The Labute approximate surface area is 204 Å². The SMILES string of the molecule is Cc1cccc(N2c3ccccc3C=Cc3cc4c(cc32)c2ccccc2n4-c2ccccc2)n1. The standard InChI is InChI=1S/C32H23N3/c1-22-10-9-17-32(33-22)35-28-15-7-5-11-23(28)18-19-24-20-31-27(21-30(24)35)26-14-6-8-16-29(26)34(31)25-12-3-2-4-13-25/h2-21H,1H3. The van der Waals surface area contributed by atoms with Crippen LogP contribution in [0.15, 0.2) is 109 Å². The first-order valence-corrected chi connectivity index (χ1v) is 11.9. The molecule has 0 atom stereocenters. The van der Waals surface area contributed by atoms with Crippen LogP contribution in [0.4, 0.5) is 17.2 Å². The third kappa shape index (κ3) is 3.09. The van der Waals surface area contributed by atoms with Gasteiger partial charge >= 0.3 is 0 Å². The summed E-state index contributed by atoms with van der Waals surface area (Å²) in [5.41, 5.74) is 9.17. The van der Waals surface area contributed by atoms with Gasteiger partial charge in [0.05, 0.1) is 22.4 Å². The first-order chi connectivity index (χ1) is 17.3. The van der Waals surface area contributed by atoms with E-state index < -0.39 is 0 Å². The van der Waals surface area contributed by atoms with Gasteiger partial charge in [-0.1, -0.05) is 72.8 Å². The Morgan fingerprint density at radius 2 is 1.34 bits per heavy atom. The highest BCUT2D eigenvalue weighted by Crippen LogP contribution is 2.44. The van der Waals surface area contributed by atoms with Crippen LogP contribution in [0.5, 0.6) is 0 Å². The van der Waals surface area contributed by atoms with Crippen molar-refractivity contribution >= 4 is 51.2 Å². The Kier molecular flexibility index (Phi) is 4.36. The zero-order valence-electron chi connectivity index (χ0n) is 19.4. The van der Waals surface area contributed by atoms with Gasteiger partial charge < -0.3 is 4.57 Å². The highest BCUT2D eigenvalue weighted by molar-refractivity contribution is 6.12. The molecule has 0 spiro atoms. The summed E-state index contributed by atoms with van der Waals surface area (Å²) in [6, 6.07) is 38.7. The summed E-state index contributed by atoms with van der Waals surface area (Å²) in [6.07, 6.45) is 4.45. The van der Waals surface area contributed by atoms with Crippen LogP contribution in [0.1, 0.15) is 16.8 Å². The summed E-state index contributed by atoms with van der Waals surface area (Å²) in [4.78, 5) is 7.22. The lowest BCUT2D eigenvalue weighted by atomic mass is 10.1. The first kappa shape index (κ1) is 19.8. The maximum atomic E-state index is 4.92. The highest BCUT2D eigenvalue weighted by Gasteiger charge is 2.23. The number of hydrogen-bond donors (Lipinski definition) is 0. The molecule has 1 aliphatic heterocycles. The Balaban J connectivity index is 1.59. The molecule has 0 unspecified atom stereocenters. The Hall–Kier alpha value is -4.63. The third-order valence-electron chi connectivity index (χ3n) is 6.80. The maximum Gasteiger partial charge on any atom is 0.137 e. The molecule has 0 fully saturated rings. The molecule has 0 aliphatic carbocycles. The first-order valence-electron chi connectivity index (χ1n) is 11.9. The van der Waals surface area contributed by atoms with E-state index in [2.05, 4.69) is 125 Å². The summed E-state index contributed by atoms with van der Waals surface area (Å²) in [7, 11) is 0. The van der Waals surface area contributed by atoms with Crippen molar-refractivity contribution < 1.29 is 0 Å². The van der Waals surface area contributed by atoms with E-state index in [1.807, 2.05) is 13.0 Å². The van der Waals surface area contributed by atoms with Crippen molar-refractivity contribution in [2.45, 2.75) is 6.92 Å². The molecule has 7 rings (SSSR count). The van der Waals surface area contributed by atoms with Crippen LogP contribution in [-0.4, -0.2) is 9.55 Å². The van der Waals surface area contributed by atoms with Gasteiger partial charge in [0, 0.05) is 27.7 Å². The fraction of sp³-hybridized carbons (Fsp3) is 0.0312. The summed E-state index contributed by atoms with van der Waals surface area (Å²) in [5.74, 6) is 0.925. The Bertz CT molecular complexity index is 1760. The summed E-state index contributed by atoms with van der Waals surface area (Å²) in [5, 5.41) is 2.47. The minimum absolute atomic E-state index is 0.925. The zero-order chi connectivity index (χ0) is 23.4. The lowest BCUT2D eigenvalue weighted by Gasteiger charge is -2.26. The average Bonchev–Trinajstić information content (AvgIpc) is 3.12. The van der Waals surface area contributed by atoms with E-state index in [9.17, 15) is 0 Å². The fourth-order valence-electron chi connectivity index (χ4n) is 5.24. The Morgan fingerprint density at radius 1 is 0.571 bits per heavy atom. The Morgan fingerprint density at radius 3 is 2.23 bits per heavy atom. The molecular formula is C32H23N3. The summed E-state index contributed by atoms with van der Waals surface area (Å²) in [6.45, 7) is 2.04. The van der Waals surface area contributed by atoms with Crippen molar-refractivity contribution in [3.63, 3.8) is 0 Å². The van der Waals surface area contributed by atoms with Crippen LogP contribution in [-0.2, 0) is 0 Å². The van der Waals surface area contributed by atoms with Gasteiger partial charge in [0.15, 0.2) is 0 Å². The van der Waals surface area contributed by atoms with Crippen molar-refractivity contribution in [1.29, 1.82) is 0 Å². The number of nitrogens with zero attached hydrogens (tertiary/aromatic N) is 3. The molecule has 0 amide bonds. The van der Waals surface area contributed by atoms with Crippen molar-refractivity contribution in [1.82, 2.24) is 9.55 Å². The van der Waals surface area contributed by atoms with Gasteiger partial charge in [-0.2, -0.15) is 0 Å². The van der Waals surface area contributed by atoms with E-state index >= 15 is 0 Å². The second-order valence-electron chi connectivity index (χ2n) is 8.98. The molecule has 0 saturated heterocycles. The van der Waals surface area contributed by atoms with Gasteiger partial charge in [-0.3, -0.25) is 4.90 Å². The van der Waals surface area contributed by atoms with Gasteiger partial charge in [-0.15, -0.1) is 0 Å². The largest absolute Gasteiger partial charge is 0.309 e. The molecule has 6 aromatic rings. The smallest absolute Gasteiger partial charge is 0.137 e. The van der Waals surface area contributed by atoms with Gasteiger partial charge in [0.1, 0.15) is 5.82 Å². The molecule has 0 saturated carbocycles. The monoisotopic (exact) mass is 449 g/mol. The summed E-state index contributed by atoms with van der Waals surface area (Å²) < 4.78 is 2.37. The average molecular weight is 450 g/mol. The van der Waals surface area contributed by atoms with E-state index in [0.29, 0.717) is 0 Å². The number of benzene rings is 4. The normalized spacial score (nSPS) is 12.5. The predicted molar refractivity (Wildman–Crippen MR) is 147 cm³/mol. The number of pyridine rings is 1. The van der Waals surface area contributed by atoms with Gasteiger partial charge in [0.25, 0.3) is 0 Å². The lowest BCUT2D eigenvalue weighted by Crippen LogP contribution is -2.13. The second kappa shape index (κ2) is 7.71. The third-order valence-corrected chi connectivity index (χ3v) is 6.80. The molecule has 0 bridgehead atoms. The van der Waals surface area contributed by atoms with Gasteiger partial charge in [-0.25, -0.2) is 4.98 Å². The number of fused-ring (bicyclic) bond motifs is 5. The van der Waals surface area contributed by atoms with Crippen LogP contribution < -0.4 is 4.90 Å². The zero-order valence-corrected chi connectivity index (χ0v) is 19.4. The minimum atomic E-state index is 0.925. The van der Waals surface area contributed by atoms with Crippen LogP contribution in [0, 0.1) is 6.92 Å². The van der Waals surface area contributed by atoms with Crippen LogP contribution >= 0.6 is 0 Å². The fourth-order valence-corrected chi connectivity index (χ4v) is 5.24. The molecule has 166 valence electrons. The van der Waals surface area contributed by atoms with E-state index in [-0.39, 0.29) is 0 Å². The van der Waals surface area contributed by atoms with E-state index in [0.717, 1.165) is 34.1 Å². The highest BCUT2D eigenvalue weighted by atomic mass is 15.2. The molecule has 3 heteroatoms. The summed E-state index contributed by atoms with van der Waals surface area (Å²) >= 11 is 0. The molecule has 1 aliphatic rings. The van der Waals surface area contributed by atoms with E-state index in [1.165, 1.54) is 27.4 Å². The lowest BCUT2D eigenvalue weighted by molar-refractivity contribution is 1.13. The van der Waals surface area contributed by atoms with Crippen LogP contribution in [0.2, 0.25) is 0 Å². The topological polar surface area (TPSA) is 21.1 Å². The number of aromatic nitrogens is 2. The van der Waals surface area contributed by atoms with Crippen molar-refractivity contribution in [2.75, 3.05) is 4.90 Å². The van der Waals surface area contributed by atoms with Crippen molar-refractivity contribution in [2.24, 2.45) is 0 Å². The molecule has 2 aromatic heterocycles. The van der Waals surface area contributed by atoms with Gasteiger partial charge in [0.2, 0.25) is 0 Å². The maximum absolute atomic E-state index is 4.92. The molecule has 3 nitrogen and oxygen atoms in total. The number of anilines is 3. The van der Waals surface area contributed by atoms with Crippen LogP contribution in [0.3, 0.4) is 0 Å².